The van der Waals surface area contributed by atoms with Crippen LogP contribution < -0.4 is 5.73 Å². The zero-order valence-corrected chi connectivity index (χ0v) is 9.84. The van der Waals surface area contributed by atoms with Gasteiger partial charge in [-0.2, -0.15) is 0 Å². The zero-order chi connectivity index (χ0) is 10.7. The third kappa shape index (κ3) is 2.32. The highest BCUT2D eigenvalue weighted by Crippen LogP contribution is 2.24. The molecule has 0 radical (unpaired) electrons. The molecular weight excluding hydrogens is 244 g/mol. The third-order valence-electron chi connectivity index (χ3n) is 2.22. The summed E-state index contributed by atoms with van der Waals surface area (Å²) in [7, 11) is 0. The molecule has 14 heavy (non-hydrogen) atoms. The van der Waals surface area contributed by atoms with E-state index in [0.29, 0.717) is 6.42 Å². The van der Waals surface area contributed by atoms with Gasteiger partial charge in [-0.25, -0.2) is 0 Å². The topological polar surface area (TPSA) is 56.0 Å². The molecule has 1 unspecified atom stereocenters. The van der Waals surface area contributed by atoms with Crippen LogP contribution in [0.3, 0.4) is 0 Å². The van der Waals surface area contributed by atoms with Crippen molar-refractivity contribution in [2.45, 2.75) is 26.2 Å². The summed E-state index contributed by atoms with van der Waals surface area (Å²) in [4.78, 5) is 15.3. The average molecular weight is 257 g/mol. The second-order valence-corrected chi connectivity index (χ2v) is 4.11. The summed E-state index contributed by atoms with van der Waals surface area (Å²) in [5.41, 5.74) is 7.09. The van der Waals surface area contributed by atoms with E-state index in [-0.39, 0.29) is 11.8 Å². The lowest BCUT2D eigenvalue weighted by molar-refractivity contribution is -0.119. The highest BCUT2D eigenvalue weighted by atomic mass is 79.9. The monoisotopic (exact) mass is 256 g/mol. The lowest BCUT2D eigenvalue weighted by atomic mass is 9.95. The molecular formula is C10H13BrN2O. The van der Waals surface area contributed by atoms with Gasteiger partial charge in [0.2, 0.25) is 5.91 Å². The number of hydrogen-bond donors (Lipinski definition) is 1. The Morgan fingerprint density at radius 1 is 1.71 bits per heavy atom. The first kappa shape index (κ1) is 11.2. The number of halogens is 1. The molecule has 1 amide bonds. The summed E-state index contributed by atoms with van der Waals surface area (Å²) < 4.78 is 0.873. The molecule has 0 bridgehead atoms. The molecule has 0 aliphatic heterocycles. The highest BCUT2D eigenvalue weighted by Gasteiger charge is 2.18. The molecule has 1 rings (SSSR count). The normalized spacial score (nSPS) is 12.5. The fourth-order valence-electron chi connectivity index (χ4n) is 1.45. The Kier molecular flexibility index (Phi) is 3.63. The van der Waals surface area contributed by atoms with Gasteiger partial charge in [0.25, 0.3) is 0 Å². The Labute approximate surface area is 91.8 Å². The molecule has 0 aromatic carbocycles. The van der Waals surface area contributed by atoms with Gasteiger partial charge >= 0.3 is 0 Å². The highest BCUT2D eigenvalue weighted by molar-refractivity contribution is 9.10. The predicted octanol–water partition coefficient (Wildman–Crippen LogP) is 2.13. The maximum atomic E-state index is 11.2. The Bertz CT molecular complexity index is 352. The second kappa shape index (κ2) is 4.55. The van der Waals surface area contributed by atoms with Crippen molar-refractivity contribution in [1.29, 1.82) is 0 Å². The molecule has 4 heteroatoms. The van der Waals surface area contributed by atoms with E-state index in [1.807, 2.05) is 19.9 Å². The molecule has 1 aromatic heterocycles. The summed E-state index contributed by atoms with van der Waals surface area (Å²) in [6.07, 6.45) is 2.42. The van der Waals surface area contributed by atoms with Gasteiger partial charge in [0, 0.05) is 16.4 Å². The molecule has 1 aromatic rings. The van der Waals surface area contributed by atoms with E-state index in [4.69, 9.17) is 5.73 Å². The van der Waals surface area contributed by atoms with Crippen LogP contribution in [0.4, 0.5) is 0 Å². The number of nitrogens with zero attached hydrogens (tertiary/aromatic N) is 1. The van der Waals surface area contributed by atoms with Crippen molar-refractivity contribution in [2.75, 3.05) is 0 Å². The summed E-state index contributed by atoms with van der Waals surface area (Å²) in [5, 5.41) is 0. The van der Waals surface area contributed by atoms with E-state index < -0.39 is 0 Å². The van der Waals surface area contributed by atoms with Gasteiger partial charge in [-0.15, -0.1) is 0 Å². The SMILES string of the molecule is CCC(C(N)=O)c1cc(Br)cnc1C. The second-order valence-electron chi connectivity index (χ2n) is 3.19. The number of pyridine rings is 1. The van der Waals surface area contributed by atoms with Crippen LogP contribution >= 0.6 is 15.9 Å². The first-order chi connectivity index (χ1) is 6.56. The van der Waals surface area contributed by atoms with Gasteiger partial charge in [0.15, 0.2) is 0 Å². The van der Waals surface area contributed by atoms with E-state index in [2.05, 4.69) is 20.9 Å². The van der Waals surface area contributed by atoms with Crippen LogP contribution in [0.5, 0.6) is 0 Å². The van der Waals surface area contributed by atoms with Crippen molar-refractivity contribution < 1.29 is 4.79 Å². The van der Waals surface area contributed by atoms with Crippen LogP contribution in [0.2, 0.25) is 0 Å². The Morgan fingerprint density at radius 3 is 2.86 bits per heavy atom. The van der Waals surface area contributed by atoms with E-state index in [9.17, 15) is 4.79 Å². The summed E-state index contributed by atoms with van der Waals surface area (Å²) >= 11 is 3.33. The van der Waals surface area contributed by atoms with Gasteiger partial charge in [-0.3, -0.25) is 9.78 Å². The van der Waals surface area contributed by atoms with Crippen LogP contribution in [0, 0.1) is 6.92 Å². The number of amides is 1. The van der Waals surface area contributed by atoms with Crippen molar-refractivity contribution in [3.8, 4) is 0 Å². The van der Waals surface area contributed by atoms with E-state index in [0.717, 1.165) is 15.7 Å². The number of hydrogen-bond acceptors (Lipinski definition) is 2. The maximum Gasteiger partial charge on any atom is 0.225 e. The minimum absolute atomic E-state index is 0.236. The summed E-state index contributed by atoms with van der Waals surface area (Å²) in [6, 6.07) is 1.90. The minimum Gasteiger partial charge on any atom is -0.369 e. The number of primary amides is 1. The number of aromatic nitrogens is 1. The van der Waals surface area contributed by atoms with Gasteiger partial charge < -0.3 is 5.73 Å². The maximum absolute atomic E-state index is 11.2. The Hall–Kier alpha value is -0.900. The first-order valence-electron chi connectivity index (χ1n) is 4.47. The lowest BCUT2D eigenvalue weighted by Gasteiger charge is -2.13. The number of rotatable bonds is 3. The molecule has 0 aliphatic rings. The number of carbonyl (C=O) groups excluding carboxylic acids is 1. The van der Waals surface area contributed by atoms with Crippen molar-refractivity contribution in [3.05, 3.63) is 28.0 Å². The largest absolute Gasteiger partial charge is 0.369 e. The Morgan fingerprint density at radius 2 is 2.36 bits per heavy atom. The molecule has 0 saturated heterocycles. The minimum atomic E-state index is -0.296. The zero-order valence-electron chi connectivity index (χ0n) is 8.25. The molecule has 0 aliphatic carbocycles. The van der Waals surface area contributed by atoms with Gasteiger partial charge in [-0.05, 0) is 40.9 Å². The van der Waals surface area contributed by atoms with E-state index >= 15 is 0 Å². The molecule has 1 atom stereocenters. The molecule has 0 saturated carbocycles. The molecule has 1 heterocycles. The van der Waals surface area contributed by atoms with Crippen LogP contribution in [-0.2, 0) is 4.79 Å². The van der Waals surface area contributed by atoms with Crippen LogP contribution in [-0.4, -0.2) is 10.9 Å². The fraction of sp³-hybridized carbons (Fsp3) is 0.400. The standard InChI is InChI=1S/C10H13BrN2O/c1-3-8(10(12)14)9-4-7(11)5-13-6(9)2/h4-5,8H,3H2,1-2H3,(H2,12,14). The van der Waals surface area contributed by atoms with E-state index in [1.165, 1.54) is 0 Å². The number of nitrogens with two attached hydrogens (primary N) is 1. The Balaban J connectivity index is 3.15. The smallest absolute Gasteiger partial charge is 0.225 e. The predicted molar refractivity (Wildman–Crippen MR) is 58.9 cm³/mol. The van der Waals surface area contributed by atoms with Crippen molar-refractivity contribution >= 4 is 21.8 Å². The van der Waals surface area contributed by atoms with Crippen molar-refractivity contribution in [2.24, 2.45) is 5.73 Å². The van der Waals surface area contributed by atoms with Crippen LogP contribution in [0.1, 0.15) is 30.5 Å². The first-order valence-corrected chi connectivity index (χ1v) is 5.27. The van der Waals surface area contributed by atoms with Crippen molar-refractivity contribution in [1.82, 2.24) is 4.98 Å². The quantitative estimate of drug-likeness (QED) is 0.901. The molecule has 2 N–H and O–H groups in total. The fourth-order valence-corrected chi connectivity index (χ4v) is 1.80. The van der Waals surface area contributed by atoms with Gasteiger partial charge in [0.05, 0.1) is 5.92 Å². The third-order valence-corrected chi connectivity index (χ3v) is 2.65. The van der Waals surface area contributed by atoms with Gasteiger partial charge in [-0.1, -0.05) is 6.92 Å². The van der Waals surface area contributed by atoms with E-state index in [1.54, 1.807) is 6.20 Å². The van der Waals surface area contributed by atoms with Crippen LogP contribution in [0.15, 0.2) is 16.7 Å². The van der Waals surface area contributed by atoms with Crippen molar-refractivity contribution in [3.63, 3.8) is 0 Å². The molecule has 0 fully saturated rings. The molecule has 76 valence electrons. The van der Waals surface area contributed by atoms with Gasteiger partial charge in [0.1, 0.15) is 0 Å². The van der Waals surface area contributed by atoms with Crippen LogP contribution in [0.25, 0.3) is 0 Å². The molecule has 0 spiro atoms. The number of aryl methyl sites for hydroxylation is 1. The summed E-state index contributed by atoms with van der Waals surface area (Å²) in [5.74, 6) is -0.532. The number of carbonyl (C=O) groups is 1. The average Bonchev–Trinajstić information content (AvgIpc) is 2.11. The molecule has 3 nitrogen and oxygen atoms in total. The lowest BCUT2D eigenvalue weighted by Crippen LogP contribution is -2.21. The summed E-state index contributed by atoms with van der Waals surface area (Å²) in [6.45, 7) is 3.82.